The number of esters is 1. The van der Waals surface area contributed by atoms with Crippen molar-refractivity contribution in [2.24, 2.45) is 11.1 Å². The van der Waals surface area contributed by atoms with Gasteiger partial charge < -0.3 is 4.74 Å². The zero-order valence-corrected chi connectivity index (χ0v) is 12.1. The topological polar surface area (TPSA) is 86.5 Å². The van der Waals surface area contributed by atoms with Crippen LogP contribution in [0.4, 0.5) is 4.39 Å². The smallest absolute Gasteiger partial charge is 0.338 e. The van der Waals surface area contributed by atoms with Gasteiger partial charge in [0.05, 0.1) is 21.5 Å². The molecule has 0 aromatic heterocycles. The van der Waals surface area contributed by atoms with Gasteiger partial charge in [0.1, 0.15) is 5.82 Å². The lowest BCUT2D eigenvalue weighted by Gasteiger charge is -2.08. The Kier molecular flexibility index (Phi) is 3.93. The van der Waals surface area contributed by atoms with Gasteiger partial charge in [0.2, 0.25) is 10.0 Å². The van der Waals surface area contributed by atoms with E-state index >= 15 is 0 Å². The molecule has 0 atom stereocenters. The molecule has 0 unspecified atom stereocenters. The van der Waals surface area contributed by atoms with Crippen molar-refractivity contribution in [3.63, 3.8) is 0 Å². The number of sulfonamides is 1. The summed E-state index contributed by atoms with van der Waals surface area (Å²) in [6.07, 6.45) is 2.01. The highest BCUT2D eigenvalue weighted by Gasteiger charge is 2.25. The zero-order valence-electron chi connectivity index (χ0n) is 9.73. The summed E-state index contributed by atoms with van der Waals surface area (Å²) in [7, 11) is -4.13. The quantitative estimate of drug-likeness (QED) is 0.838. The number of carbonyl (C=O) groups is 1. The average molecular weight is 352 g/mol. The molecule has 0 spiro atoms. The van der Waals surface area contributed by atoms with Gasteiger partial charge in [0.25, 0.3) is 0 Å². The van der Waals surface area contributed by atoms with Crippen molar-refractivity contribution in [1.29, 1.82) is 0 Å². The molecule has 2 N–H and O–H groups in total. The van der Waals surface area contributed by atoms with E-state index in [0.717, 1.165) is 25.0 Å². The number of primary sulfonamides is 1. The lowest BCUT2D eigenvalue weighted by atomic mass is 10.2. The Morgan fingerprint density at radius 3 is 2.63 bits per heavy atom. The molecule has 0 saturated heterocycles. The molecule has 2 rings (SSSR count). The first-order chi connectivity index (χ1) is 8.79. The SMILES string of the molecule is NS(=O)(=O)c1cc(C(=O)OCC2CC2)cc(F)c1Br. The molecule has 104 valence electrons. The van der Waals surface area contributed by atoms with E-state index in [1.807, 2.05) is 0 Å². The van der Waals surface area contributed by atoms with Crippen LogP contribution >= 0.6 is 15.9 Å². The van der Waals surface area contributed by atoms with Gasteiger partial charge in [-0.25, -0.2) is 22.7 Å². The van der Waals surface area contributed by atoms with Crippen LogP contribution in [0.15, 0.2) is 21.5 Å². The summed E-state index contributed by atoms with van der Waals surface area (Å²) in [4.78, 5) is 11.2. The Labute approximate surface area is 118 Å². The molecule has 0 amide bonds. The minimum Gasteiger partial charge on any atom is -0.462 e. The van der Waals surface area contributed by atoms with Crippen LogP contribution in [0.5, 0.6) is 0 Å². The molecular weight excluding hydrogens is 341 g/mol. The van der Waals surface area contributed by atoms with Crippen molar-refractivity contribution in [3.8, 4) is 0 Å². The molecule has 1 aromatic rings. The number of nitrogens with two attached hydrogens (primary N) is 1. The monoisotopic (exact) mass is 351 g/mol. The number of rotatable bonds is 4. The summed E-state index contributed by atoms with van der Waals surface area (Å²) in [5.41, 5.74) is -0.176. The molecule has 0 bridgehead atoms. The third-order valence-corrected chi connectivity index (χ3v) is 4.69. The second-order valence-electron chi connectivity index (χ2n) is 4.36. The highest BCUT2D eigenvalue weighted by molar-refractivity contribution is 9.10. The van der Waals surface area contributed by atoms with Gasteiger partial charge in [-0.05, 0) is 46.8 Å². The fourth-order valence-corrected chi connectivity index (χ4v) is 2.99. The molecule has 5 nitrogen and oxygen atoms in total. The molecule has 1 fully saturated rings. The van der Waals surface area contributed by atoms with E-state index in [-0.39, 0.29) is 16.6 Å². The first-order valence-electron chi connectivity index (χ1n) is 5.48. The molecule has 0 aliphatic heterocycles. The molecule has 0 heterocycles. The van der Waals surface area contributed by atoms with Crippen molar-refractivity contribution < 1.29 is 22.3 Å². The summed E-state index contributed by atoms with van der Waals surface area (Å²) in [6.45, 7) is 0.265. The van der Waals surface area contributed by atoms with Gasteiger partial charge >= 0.3 is 5.97 Å². The fraction of sp³-hybridized carbons (Fsp3) is 0.364. The maximum absolute atomic E-state index is 13.6. The van der Waals surface area contributed by atoms with Crippen LogP contribution in [0, 0.1) is 11.7 Å². The predicted octanol–water partition coefficient (Wildman–Crippen LogP) is 1.80. The number of hydrogen-bond acceptors (Lipinski definition) is 4. The number of ether oxygens (including phenoxy) is 1. The van der Waals surface area contributed by atoms with E-state index in [2.05, 4.69) is 15.9 Å². The lowest BCUT2D eigenvalue weighted by molar-refractivity contribution is 0.0485. The first kappa shape index (κ1) is 14.4. The molecular formula is C11H11BrFNO4S. The van der Waals surface area contributed by atoms with Gasteiger partial charge in [0.15, 0.2) is 0 Å². The van der Waals surface area contributed by atoms with Crippen LogP contribution in [-0.4, -0.2) is 21.0 Å². The normalized spacial score (nSPS) is 15.3. The third kappa shape index (κ3) is 3.52. The summed E-state index contributed by atoms with van der Waals surface area (Å²) in [6, 6.07) is 1.91. The van der Waals surface area contributed by atoms with Crippen molar-refractivity contribution in [3.05, 3.63) is 28.0 Å². The number of carbonyl (C=O) groups excluding carboxylic acids is 1. The first-order valence-corrected chi connectivity index (χ1v) is 7.82. The molecule has 1 aromatic carbocycles. The molecule has 1 aliphatic carbocycles. The van der Waals surface area contributed by atoms with E-state index in [0.29, 0.717) is 5.92 Å². The predicted molar refractivity (Wildman–Crippen MR) is 68.5 cm³/mol. The Balaban J connectivity index is 2.30. The third-order valence-electron chi connectivity index (χ3n) is 2.68. The molecule has 1 saturated carbocycles. The zero-order chi connectivity index (χ0) is 14.2. The fourth-order valence-electron chi connectivity index (χ4n) is 1.45. The highest BCUT2D eigenvalue weighted by Crippen LogP contribution is 2.30. The van der Waals surface area contributed by atoms with E-state index in [1.165, 1.54) is 0 Å². The van der Waals surface area contributed by atoms with Crippen LogP contribution in [-0.2, 0) is 14.8 Å². The Bertz CT molecular complexity index is 628. The van der Waals surface area contributed by atoms with E-state index in [1.54, 1.807) is 0 Å². The summed E-state index contributed by atoms with van der Waals surface area (Å²) >= 11 is 2.79. The summed E-state index contributed by atoms with van der Waals surface area (Å²) in [5.74, 6) is -1.28. The second-order valence-corrected chi connectivity index (χ2v) is 6.68. The van der Waals surface area contributed by atoms with Crippen LogP contribution in [0.25, 0.3) is 0 Å². The van der Waals surface area contributed by atoms with Crippen LogP contribution < -0.4 is 5.14 Å². The van der Waals surface area contributed by atoms with Gasteiger partial charge in [-0.1, -0.05) is 0 Å². The minimum atomic E-state index is -4.13. The molecule has 8 heteroatoms. The number of benzene rings is 1. The largest absolute Gasteiger partial charge is 0.462 e. The maximum Gasteiger partial charge on any atom is 0.338 e. The average Bonchev–Trinajstić information content (AvgIpc) is 3.11. The van der Waals surface area contributed by atoms with Crippen molar-refractivity contribution in [2.45, 2.75) is 17.7 Å². The van der Waals surface area contributed by atoms with Gasteiger partial charge in [-0.3, -0.25) is 0 Å². The highest BCUT2D eigenvalue weighted by atomic mass is 79.9. The Hall–Kier alpha value is -0.990. The molecule has 0 radical (unpaired) electrons. The maximum atomic E-state index is 13.6. The number of halogens is 2. The standard InChI is InChI=1S/C11H11BrFNO4S/c12-10-8(13)3-7(4-9(10)19(14,16)17)11(15)18-5-6-1-2-6/h3-4,6H,1-2,5H2,(H2,14,16,17). The second kappa shape index (κ2) is 5.18. The Morgan fingerprint density at radius 2 is 2.11 bits per heavy atom. The minimum absolute atomic E-state index is 0.176. The van der Waals surface area contributed by atoms with E-state index < -0.39 is 26.7 Å². The van der Waals surface area contributed by atoms with Crippen molar-refractivity contribution in [2.75, 3.05) is 6.61 Å². The van der Waals surface area contributed by atoms with Crippen LogP contribution in [0.2, 0.25) is 0 Å². The molecule has 19 heavy (non-hydrogen) atoms. The van der Waals surface area contributed by atoms with Gasteiger partial charge in [-0.2, -0.15) is 0 Å². The van der Waals surface area contributed by atoms with Crippen molar-refractivity contribution in [1.82, 2.24) is 0 Å². The van der Waals surface area contributed by atoms with Crippen LogP contribution in [0.1, 0.15) is 23.2 Å². The van der Waals surface area contributed by atoms with E-state index in [9.17, 15) is 17.6 Å². The summed E-state index contributed by atoms with van der Waals surface area (Å²) in [5, 5.41) is 4.95. The van der Waals surface area contributed by atoms with Gasteiger partial charge in [-0.15, -0.1) is 0 Å². The number of hydrogen-bond donors (Lipinski definition) is 1. The molecule has 1 aliphatic rings. The lowest BCUT2D eigenvalue weighted by Crippen LogP contribution is -2.16. The van der Waals surface area contributed by atoms with E-state index in [4.69, 9.17) is 9.88 Å². The van der Waals surface area contributed by atoms with Crippen LogP contribution in [0.3, 0.4) is 0 Å². The summed E-state index contributed by atoms with van der Waals surface area (Å²) < 4.78 is 40.8. The Morgan fingerprint density at radius 1 is 1.47 bits per heavy atom. The van der Waals surface area contributed by atoms with Gasteiger partial charge in [0, 0.05) is 0 Å². The van der Waals surface area contributed by atoms with Crippen molar-refractivity contribution >= 4 is 31.9 Å².